The van der Waals surface area contributed by atoms with Crippen molar-refractivity contribution in [2.24, 2.45) is 5.92 Å². The van der Waals surface area contributed by atoms with E-state index in [-0.39, 0.29) is 6.04 Å². The summed E-state index contributed by atoms with van der Waals surface area (Å²) >= 11 is 1.50. The second-order valence-corrected chi connectivity index (χ2v) is 9.17. The molecule has 0 saturated heterocycles. The Morgan fingerprint density at radius 3 is 2.29 bits per heavy atom. The predicted molar refractivity (Wildman–Crippen MR) is 90.2 cm³/mol. The zero-order valence-electron chi connectivity index (χ0n) is 13.9. The minimum absolute atomic E-state index is 0.0387. The molecule has 122 valence electrons. The van der Waals surface area contributed by atoms with E-state index >= 15 is 0 Å². The minimum Gasteiger partial charge on any atom is -0.310 e. The monoisotopic (exact) mass is 332 g/mol. The molecular formula is C15H28N2O2S2. The number of thiophene rings is 1. The Kier molecular flexibility index (Phi) is 6.84. The third-order valence-corrected chi connectivity index (χ3v) is 6.26. The molecule has 0 saturated carbocycles. The van der Waals surface area contributed by atoms with Crippen molar-refractivity contribution in [3.63, 3.8) is 0 Å². The van der Waals surface area contributed by atoms with Crippen molar-refractivity contribution in [2.45, 2.75) is 65.1 Å². The van der Waals surface area contributed by atoms with E-state index in [9.17, 15) is 8.42 Å². The van der Waals surface area contributed by atoms with E-state index in [0.717, 1.165) is 4.88 Å². The second-order valence-electron chi connectivity index (χ2n) is 6.31. The SMILES string of the molecule is CC(C)CN(C(C)C)S(=O)(=O)c1ccsc1CNC(C)C. The van der Waals surface area contributed by atoms with Crippen LogP contribution in [0.2, 0.25) is 0 Å². The van der Waals surface area contributed by atoms with Crippen LogP contribution in [0, 0.1) is 5.92 Å². The molecule has 1 N–H and O–H groups in total. The lowest BCUT2D eigenvalue weighted by Crippen LogP contribution is -2.39. The fourth-order valence-electron chi connectivity index (χ4n) is 2.06. The molecule has 0 spiro atoms. The summed E-state index contributed by atoms with van der Waals surface area (Å²) < 4.78 is 27.5. The van der Waals surface area contributed by atoms with Crippen LogP contribution in [0.3, 0.4) is 0 Å². The fourth-order valence-corrected chi connectivity index (χ4v) is 5.22. The Morgan fingerprint density at radius 1 is 1.19 bits per heavy atom. The lowest BCUT2D eigenvalue weighted by Gasteiger charge is -2.27. The molecule has 6 heteroatoms. The van der Waals surface area contributed by atoms with Crippen LogP contribution in [-0.2, 0) is 16.6 Å². The standard InChI is InChI=1S/C15H28N2O2S2/c1-11(2)10-17(13(5)6)21(18,19)15-7-8-20-14(15)9-16-12(3)4/h7-8,11-13,16H,9-10H2,1-6H3. The summed E-state index contributed by atoms with van der Waals surface area (Å²) in [6, 6.07) is 2.02. The Morgan fingerprint density at radius 2 is 1.81 bits per heavy atom. The first-order valence-electron chi connectivity index (χ1n) is 7.47. The molecule has 0 aliphatic carbocycles. The average molecular weight is 333 g/mol. The van der Waals surface area contributed by atoms with E-state index in [1.54, 1.807) is 10.4 Å². The van der Waals surface area contributed by atoms with Crippen molar-refractivity contribution < 1.29 is 8.42 Å². The van der Waals surface area contributed by atoms with Crippen molar-refractivity contribution in [1.82, 2.24) is 9.62 Å². The summed E-state index contributed by atoms with van der Waals surface area (Å²) in [6.45, 7) is 13.2. The summed E-state index contributed by atoms with van der Waals surface area (Å²) in [7, 11) is -3.43. The topological polar surface area (TPSA) is 49.4 Å². The molecule has 1 heterocycles. The molecule has 0 aromatic carbocycles. The third-order valence-electron chi connectivity index (χ3n) is 3.08. The van der Waals surface area contributed by atoms with Gasteiger partial charge >= 0.3 is 0 Å². The van der Waals surface area contributed by atoms with Gasteiger partial charge in [0.1, 0.15) is 0 Å². The highest BCUT2D eigenvalue weighted by molar-refractivity contribution is 7.89. The van der Waals surface area contributed by atoms with Gasteiger partial charge in [0, 0.05) is 30.1 Å². The molecule has 0 bridgehead atoms. The van der Waals surface area contributed by atoms with E-state index < -0.39 is 10.0 Å². The number of nitrogens with one attached hydrogen (secondary N) is 1. The van der Waals surface area contributed by atoms with Gasteiger partial charge in [-0.1, -0.05) is 27.7 Å². The highest BCUT2D eigenvalue weighted by Gasteiger charge is 2.30. The van der Waals surface area contributed by atoms with E-state index in [4.69, 9.17) is 0 Å². The van der Waals surface area contributed by atoms with Crippen LogP contribution >= 0.6 is 11.3 Å². The molecule has 0 atom stereocenters. The number of nitrogens with zero attached hydrogens (tertiary/aromatic N) is 1. The smallest absolute Gasteiger partial charge is 0.244 e. The van der Waals surface area contributed by atoms with Gasteiger partial charge in [-0.2, -0.15) is 4.31 Å². The van der Waals surface area contributed by atoms with Crippen LogP contribution < -0.4 is 5.32 Å². The van der Waals surface area contributed by atoms with Gasteiger partial charge in [0.15, 0.2) is 0 Å². The molecule has 4 nitrogen and oxygen atoms in total. The van der Waals surface area contributed by atoms with E-state index in [2.05, 4.69) is 19.2 Å². The number of sulfonamides is 1. The maximum absolute atomic E-state index is 12.9. The lowest BCUT2D eigenvalue weighted by molar-refractivity contribution is 0.318. The number of rotatable bonds is 8. The van der Waals surface area contributed by atoms with Gasteiger partial charge in [0.25, 0.3) is 0 Å². The normalized spacial score (nSPS) is 13.0. The minimum atomic E-state index is -3.43. The maximum atomic E-state index is 12.9. The van der Waals surface area contributed by atoms with Crippen molar-refractivity contribution in [3.8, 4) is 0 Å². The van der Waals surface area contributed by atoms with E-state index in [0.29, 0.717) is 29.9 Å². The molecule has 0 unspecified atom stereocenters. The Hall–Kier alpha value is -0.430. The second kappa shape index (κ2) is 7.72. The summed E-state index contributed by atoms with van der Waals surface area (Å²) in [4.78, 5) is 1.34. The van der Waals surface area contributed by atoms with Crippen molar-refractivity contribution >= 4 is 21.4 Å². The molecule has 0 radical (unpaired) electrons. The van der Waals surface area contributed by atoms with Gasteiger partial charge in [-0.15, -0.1) is 11.3 Å². The largest absolute Gasteiger partial charge is 0.310 e. The first-order valence-corrected chi connectivity index (χ1v) is 9.79. The Bertz CT molecular complexity index is 534. The van der Waals surface area contributed by atoms with Crippen LogP contribution in [0.4, 0.5) is 0 Å². The highest BCUT2D eigenvalue weighted by Crippen LogP contribution is 2.27. The van der Waals surface area contributed by atoms with Crippen LogP contribution in [-0.4, -0.2) is 31.4 Å². The summed E-state index contributed by atoms with van der Waals surface area (Å²) in [5.41, 5.74) is 0. The fraction of sp³-hybridized carbons (Fsp3) is 0.733. The van der Waals surface area contributed by atoms with E-state index in [1.165, 1.54) is 11.3 Å². The summed E-state index contributed by atoms with van der Waals surface area (Å²) in [5, 5.41) is 5.16. The maximum Gasteiger partial charge on any atom is 0.244 e. The Balaban J connectivity index is 3.08. The average Bonchev–Trinajstić information content (AvgIpc) is 2.81. The summed E-state index contributed by atoms with van der Waals surface area (Å²) in [5.74, 6) is 0.304. The van der Waals surface area contributed by atoms with Crippen molar-refractivity contribution in [2.75, 3.05) is 6.54 Å². The van der Waals surface area contributed by atoms with Crippen LogP contribution in [0.1, 0.15) is 46.4 Å². The molecule has 1 aromatic heterocycles. The lowest BCUT2D eigenvalue weighted by atomic mass is 10.2. The number of hydrogen-bond acceptors (Lipinski definition) is 4. The van der Waals surface area contributed by atoms with Crippen LogP contribution in [0.15, 0.2) is 16.3 Å². The highest BCUT2D eigenvalue weighted by atomic mass is 32.2. The first-order chi connectivity index (χ1) is 9.66. The third kappa shape index (κ3) is 5.06. The molecule has 21 heavy (non-hydrogen) atoms. The molecule has 0 amide bonds. The molecular weight excluding hydrogens is 304 g/mol. The molecule has 1 aromatic rings. The van der Waals surface area contributed by atoms with Gasteiger partial charge in [-0.05, 0) is 31.2 Å². The zero-order chi connectivity index (χ0) is 16.2. The van der Waals surface area contributed by atoms with Crippen LogP contribution in [0.5, 0.6) is 0 Å². The van der Waals surface area contributed by atoms with Gasteiger partial charge in [0.2, 0.25) is 10.0 Å². The first kappa shape index (κ1) is 18.6. The molecule has 0 fully saturated rings. The molecule has 0 aliphatic rings. The quantitative estimate of drug-likeness (QED) is 0.794. The van der Waals surface area contributed by atoms with E-state index in [1.807, 2.05) is 33.1 Å². The van der Waals surface area contributed by atoms with Crippen LogP contribution in [0.25, 0.3) is 0 Å². The zero-order valence-corrected chi connectivity index (χ0v) is 15.5. The summed E-state index contributed by atoms with van der Waals surface area (Å²) in [6.07, 6.45) is 0. The van der Waals surface area contributed by atoms with Crippen molar-refractivity contribution in [1.29, 1.82) is 0 Å². The van der Waals surface area contributed by atoms with Crippen molar-refractivity contribution in [3.05, 3.63) is 16.3 Å². The molecule has 0 aliphatic heterocycles. The van der Waals surface area contributed by atoms with Gasteiger partial charge in [-0.25, -0.2) is 8.42 Å². The van der Waals surface area contributed by atoms with Gasteiger partial charge < -0.3 is 5.32 Å². The Labute approximate surface area is 133 Å². The predicted octanol–water partition coefficient (Wildman–Crippen LogP) is 3.30. The molecule has 1 rings (SSSR count). The number of hydrogen-bond donors (Lipinski definition) is 1. The van der Waals surface area contributed by atoms with Gasteiger partial charge in [-0.3, -0.25) is 0 Å². The van der Waals surface area contributed by atoms with Gasteiger partial charge in [0.05, 0.1) is 4.90 Å².